The lowest BCUT2D eigenvalue weighted by Gasteiger charge is -2.07. The number of imidazole rings is 1. The maximum atomic E-state index is 8.95. The molecular formula is C12H19N3. The predicted octanol–water partition coefficient (Wildman–Crippen LogP) is 2.90. The Morgan fingerprint density at radius 1 is 1.33 bits per heavy atom. The van der Waals surface area contributed by atoms with E-state index in [9.17, 15) is 0 Å². The van der Waals surface area contributed by atoms with Gasteiger partial charge in [-0.05, 0) is 12.8 Å². The fourth-order valence-electron chi connectivity index (χ4n) is 1.60. The lowest BCUT2D eigenvalue weighted by molar-refractivity contribution is 0.587. The fourth-order valence-corrected chi connectivity index (χ4v) is 1.60. The molecule has 0 N–H and O–H groups in total. The number of aromatic nitrogens is 2. The molecule has 0 spiro atoms. The minimum absolute atomic E-state index is 0.703. The molecule has 0 fully saturated rings. The largest absolute Gasteiger partial charge is 0.320 e. The van der Waals surface area contributed by atoms with Gasteiger partial charge in [0.05, 0.1) is 6.20 Å². The number of nitrogens with zero attached hydrogens (tertiary/aromatic N) is 3. The first-order valence-corrected chi connectivity index (χ1v) is 5.78. The van der Waals surface area contributed by atoms with Crippen molar-refractivity contribution in [3.8, 4) is 6.07 Å². The molecule has 0 saturated heterocycles. The molecule has 3 heteroatoms. The average Bonchev–Trinajstić information content (AvgIpc) is 2.65. The Bertz CT molecular complexity index is 333. The maximum Gasteiger partial charge on any atom is 0.140 e. The minimum Gasteiger partial charge on any atom is -0.320 e. The highest BCUT2D eigenvalue weighted by Crippen LogP contribution is 2.09. The van der Waals surface area contributed by atoms with Gasteiger partial charge in [-0.3, -0.25) is 0 Å². The van der Waals surface area contributed by atoms with Crippen LogP contribution in [0.3, 0.4) is 0 Å². The third-order valence-corrected chi connectivity index (χ3v) is 2.54. The summed E-state index contributed by atoms with van der Waals surface area (Å²) in [5.74, 6) is 1.07. The van der Waals surface area contributed by atoms with Crippen LogP contribution < -0.4 is 0 Å². The van der Waals surface area contributed by atoms with Crippen molar-refractivity contribution in [3.63, 3.8) is 0 Å². The summed E-state index contributed by atoms with van der Waals surface area (Å²) in [7, 11) is 0. The Kier molecular flexibility index (Phi) is 4.89. The first-order valence-electron chi connectivity index (χ1n) is 5.78. The van der Waals surface area contributed by atoms with Crippen LogP contribution in [0.1, 0.15) is 51.0 Å². The third kappa shape index (κ3) is 3.09. The van der Waals surface area contributed by atoms with Gasteiger partial charge in [-0.1, -0.05) is 26.7 Å². The predicted molar refractivity (Wildman–Crippen MR) is 60.5 cm³/mol. The van der Waals surface area contributed by atoms with E-state index in [1.54, 1.807) is 6.20 Å². The second kappa shape index (κ2) is 6.23. The van der Waals surface area contributed by atoms with Gasteiger partial charge in [0, 0.05) is 13.0 Å². The van der Waals surface area contributed by atoms with Crippen molar-refractivity contribution in [2.75, 3.05) is 0 Å². The Hall–Kier alpha value is -1.30. The summed E-state index contributed by atoms with van der Waals surface area (Å²) in [5, 5.41) is 8.95. The van der Waals surface area contributed by atoms with Gasteiger partial charge in [0.15, 0.2) is 0 Å². The highest BCUT2D eigenvalue weighted by atomic mass is 15.1. The molecule has 0 saturated carbocycles. The second-order valence-electron chi connectivity index (χ2n) is 3.78. The third-order valence-electron chi connectivity index (χ3n) is 2.54. The van der Waals surface area contributed by atoms with Crippen LogP contribution in [-0.2, 0) is 13.0 Å². The molecule has 0 atom stereocenters. The Balaban J connectivity index is 2.76. The molecule has 0 aliphatic rings. The van der Waals surface area contributed by atoms with Crippen molar-refractivity contribution in [1.29, 1.82) is 5.26 Å². The molecule has 0 aromatic carbocycles. The highest BCUT2D eigenvalue weighted by molar-refractivity contribution is 5.20. The zero-order valence-electron chi connectivity index (χ0n) is 9.66. The molecule has 1 aromatic heterocycles. The summed E-state index contributed by atoms with van der Waals surface area (Å²) in [6.45, 7) is 5.26. The zero-order chi connectivity index (χ0) is 11.1. The van der Waals surface area contributed by atoms with Gasteiger partial charge in [0.1, 0.15) is 17.6 Å². The van der Waals surface area contributed by atoms with Crippen LogP contribution in [0.2, 0.25) is 0 Å². The summed E-state index contributed by atoms with van der Waals surface area (Å²) in [5.41, 5.74) is 0.703. The lowest BCUT2D eigenvalue weighted by Crippen LogP contribution is -2.06. The molecule has 1 rings (SSSR count). The van der Waals surface area contributed by atoms with E-state index < -0.39 is 0 Å². The van der Waals surface area contributed by atoms with Crippen molar-refractivity contribution >= 4 is 0 Å². The molecule has 0 bridgehead atoms. The number of hydrogen-bond acceptors (Lipinski definition) is 2. The van der Waals surface area contributed by atoms with Gasteiger partial charge in [-0.25, -0.2) is 4.98 Å². The van der Waals surface area contributed by atoms with E-state index in [1.165, 1.54) is 6.42 Å². The van der Waals surface area contributed by atoms with Crippen molar-refractivity contribution in [2.24, 2.45) is 0 Å². The molecular weight excluding hydrogens is 186 g/mol. The smallest absolute Gasteiger partial charge is 0.140 e. The van der Waals surface area contributed by atoms with E-state index in [2.05, 4.69) is 29.5 Å². The molecule has 15 heavy (non-hydrogen) atoms. The number of nitriles is 1. The minimum atomic E-state index is 0.703. The van der Waals surface area contributed by atoms with E-state index in [-0.39, 0.29) is 0 Å². The quantitative estimate of drug-likeness (QED) is 0.716. The number of unbranched alkanes of at least 4 members (excludes halogenated alkanes) is 2. The topological polar surface area (TPSA) is 41.6 Å². The van der Waals surface area contributed by atoms with Crippen LogP contribution in [0.15, 0.2) is 6.20 Å². The fraction of sp³-hybridized carbons (Fsp3) is 0.667. The van der Waals surface area contributed by atoms with Gasteiger partial charge in [0.2, 0.25) is 0 Å². The Morgan fingerprint density at radius 2 is 2.07 bits per heavy atom. The first kappa shape index (κ1) is 11.8. The summed E-state index contributed by atoms with van der Waals surface area (Å²) >= 11 is 0. The highest BCUT2D eigenvalue weighted by Gasteiger charge is 2.07. The van der Waals surface area contributed by atoms with Gasteiger partial charge < -0.3 is 4.57 Å². The summed E-state index contributed by atoms with van der Waals surface area (Å²) in [4.78, 5) is 4.32. The van der Waals surface area contributed by atoms with Gasteiger partial charge >= 0.3 is 0 Å². The van der Waals surface area contributed by atoms with Crippen molar-refractivity contribution in [2.45, 2.75) is 52.5 Å². The second-order valence-corrected chi connectivity index (χ2v) is 3.78. The van der Waals surface area contributed by atoms with Crippen LogP contribution in [0, 0.1) is 11.3 Å². The van der Waals surface area contributed by atoms with Gasteiger partial charge in [0.25, 0.3) is 0 Å². The van der Waals surface area contributed by atoms with E-state index in [1.807, 2.05) is 0 Å². The number of rotatable bonds is 6. The molecule has 0 radical (unpaired) electrons. The van der Waals surface area contributed by atoms with Crippen LogP contribution in [0.4, 0.5) is 0 Å². The SMILES string of the molecule is CCCCc1ncc(C#N)n1CCCC. The normalized spacial score (nSPS) is 10.2. The van der Waals surface area contributed by atoms with E-state index in [0.29, 0.717) is 5.69 Å². The standard InChI is InChI=1S/C12H19N3/c1-3-5-7-12-14-10-11(9-13)15(12)8-6-4-2/h10H,3-8H2,1-2H3. The average molecular weight is 205 g/mol. The molecule has 0 aliphatic carbocycles. The van der Waals surface area contributed by atoms with E-state index in [0.717, 1.165) is 38.1 Å². The molecule has 0 aliphatic heterocycles. The molecule has 82 valence electrons. The molecule has 1 aromatic rings. The van der Waals surface area contributed by atoms with Crippen LogP contribution >= 0.6 is 0 Å². The number of aryl methyl sites for hydroxylation is 1. The molecule has 0 unspecified atom stereocenters. The monoisotopic (exact) mass is 205 g/mol. The van der Waals surface area contributed by atoms with E-state index in [4.69, 9.17) is 5.26 Å². The summed E-state index contributed by atoms with van der Waals surface area (Å²) in [6.07, 6.45) is 7.26. The van der Waals surface area contributed by atoms with Crippen LogP contribution in [0.5, 0.6) is 0 Å². The summed E-state index contributed by atoms with van der Waals surface area (Å²) in [6, 6.07) is 2.20. The number of hydrogen-bond donors (Lipinski definition) is 0. The van der Waals surface area contributed by atoms with Crippen LogP contribution in [-0.4, -0.2) is 9.55 Å². The van der Waals surface area contributed by atoms with E-state index >= 15 is 0 Å². The van der Waals surface area contributed by atoms with Gasteiger partial charge in [-0.15, -0.1) is 0 Å². The first-order chi connectivity index (χ1) is 7.33. The van der Waals surface area contributed by atoms with Crippen molar-refractivity contribution in [1.82, 2.24) is 9.55 Å². The van der Waals surface area contributed by atoms with Crippen molar-refractivity contribution < 1.29 is 0 Å². The zero-order valence-corrected chi connectivity index (χ0v) is 9.66. The molecule has 1 heterocycles. The van der Waals surface area contributed by atoms with Crippen molar-refractivity contribution in [3.05, 3.63) is 17.7 Å². The lowest BCUT2D eigenvalue weighted by atomic mass is 10.2. The molecule has 0 amide bonds. The maximum absolute atomic E-state index is 8.95. The summed E-state index contributed by atoms with van der Waals surface area (Å²) < 4.78 is 2.07. The van der Waals surface area contributed by atoms with Crippen LogP contribution in [0.25, 0.3) is 0 Å². The molecule has 3 nitrogen and oxygen atoms in total. The Labute approximate surface area is 91.7 Å². The van der Waals surface area contributed by atoms with Gasteiger partial charge in [-0.2, -0.15) is 5.26 Å². The Morgan fingerprint density at radius 3 is 2.67 bits per heavy atom.